The third-order valence-corrected chi connectivity index (χ3v) is 4.70. The molecule has 2 N–H and O–H groups in total. The van der Waals surface area contributed by atoms with Crippen LogP contribution < -0.4 is 10.1 Å². The fourth-order valence-corrected chi connectivity index (χ4v) is 3.31. The number of rotatable bonds is 7. The van der Waals surface area contributed by atoms with Gasteiger partial charge in [0.15, 0.2) is 29.8 Å². The third-order valence-electron chi connectivity index (χ3n) is 3.45. The first-order valence-corrected chi connectivity index (χ1v) is 9.76. The van der Waals surface area contributed by atoms with Crippen LogP contribution in [-0.4, -0.2) is 35.2 Å². The summed E-state index contributed by atoms with van der Waals surface area (Å²) in [6, 6.07) is 13.9. The minimum atomic E-state index is -0.729. The Morgan fingerprint density at radius 1 is 1.14 bits per heavy atom. The zero-order valence-corrected chi connectivity index (χ0v) is 16.8. The van der Waals surface area contributed by atoms with Crippen molar-refractivity contribution >= 4 is 44.3 Å². The lowest BCUT2D eigenvalue weighted by molar-refractivity contribution is -0.149. The van der Waals surface area contributed by atoms with E-state index in [-0.39, 0.29) is 11.5 Å². The lowest BCUT2D eigenvalue weighted by Gasteiger charge is -2.07. The van der Waals surface area contributed by atoms with Crippen molar-refractivity contribution in [2.24, 2.45) is 0 Å². The number of esters is 1. The summed E-state index contributed by atoms with van der Waals surface area (Å²) in [6.07, 6.45) is 0. The molecule has 1 amide bonds. The van der Waals surface area contributed by atoms with Gasteiger partial charge in [0.05, 0.1) is 5.69 Å². The second-order valence-corrected chi connectivity index (χ2v) is 7.29. The second-order valence-electron chi connectivity index (χ2n) is 5.51. The molecule has 1 heterocycles. The quantitative estimate of drug-likeness (QED) is 0.517. The fourth-order valence-electron chi connectivity index (χ4n) is 2.17. The molecular weight excluding hydrogens is 448 g/mol. The van der Waals surface area contributed by atoms with Gasteiger partial charge in [-0.2, -0.15) is 0 Å². The van der Waals surface area contributed by atoms with Crippen LogP contribution in [0.2, 0.25) is 0 Å². The van der Waals surface area contributed by atoms with Gasteiger partial charge in [-0.15, -0.1) is 11.3 Å². The predicted octanol–water partition coefficient (Wildman–Crippen LogP) is 3.84. The van der Waals surface area contributed by atoms with E-state index in [4.69, 9.17) is 9.47 Å². The molecule has 0 aliphatic heterocycles. The van der Waals surface area contributed by atoms with Gasteiger partial charge in [0.2, 0.25) is 0 Å². The first kappa shape index (κ1) is 19.8. The van der Waals surface area contributed by atoms with E-state index in [1.54, 1.807) is 12.1 Å². The smallest absolute Gasteiger partial charge is 0.344 e. The molecule has 0 radical (unpaired) electrons. The van der Waals surface area contributed by atoms with Gasteiger partial charge in [0.1, 0.15) is 0 Å². The molecule has 28 heavy (non-hydrogen) atoms. The highest BCUT2D eigenvalue weighted by molar-refractivity contribution is 9.10. The van der Waals surface area contributed by atoms with E-state index in [2.05, 4.69) is 26.2 Å². The largest absolute Gasteiger partial charge is 0.504 e. The van der Waals surface area contributed by atoms with Gasteiger partial charge in [0, 0.05) is 15.4 Å². The van der Waals surface area contributed by atoms with Crippen molar-refractivity contribution in [3.05, 3.63) is 58.4 Å². The number of nitrogens with zero attached hydrogens (tertiary/aromatic N) is 1. The second kappa shape index (κ2) is 9.34. The van der Waals surface area contributed by atoms with Crippen molar-refractivity contribution in [2.75, 3.05) is 18.5 Å². The van der Waals surface area contributed by atoms with Gasteiger partial charge < -0.3 is 14.6 Å². The Hall–Kier alpha value is -2.91. The zero-order chi connectivity index (χ0) is 19.9. The van der Waals surface area contributed by atoms with Crippen LogP contribution in [0, 0.1) is 0 Å². The number of phenolic OH excluding ortho intramolecular Hbond substituents is 1. The number of phenols is 1. The highest BCUT2D eigenvalue weighted by Gasteiger charge is 2.12. The van der Waals surface area contributed by atoms with Gasteiger partial charge in [-0.1, -0.05) is 40.2 Å². The number of halogens is 1. The number of aromatic hydroxyl groups is 1. The Balaban J connectivity index is 1.45. The van der Waals surface area contributed by atoms with Crippen molar-refractivity contribution in [1.82, 2.24) is 4.98 Å². The van der Waals surface area contributed by atoms with E-state index in [0.717, 1.165) is 15.7 Å². The van der Waals surface area contributed by atoms with Crippen LogP contribution in [0.25, 0.3) is 11.3 Å². The van der Waals surface area contributed by atoms with Crippen LogP contribution in [0.3, 0.4) is 0 Å². The number of thiazole rings is 1. The molecule has 3 aromatic rings. The Kier molecular flexibility index (Phi) is 6.62. The summed E-state index contributed by atoms with van der Waals surface area (Å²) in [5.41, 5.74) is 1.65. The lowest BCUT2D eigenvalue weighted by atomic mass is 10.2. The van der Waals surface area contributed by atoms with E-state index >= 15 is 0 Å². The maximum absolute atomic E-state index is 11.9. The van der Waals surface area contributed by atoms with Gasteiger partial charge >= 0.3 is 5.97 Å². The summed E-state index contributed by atoms with van der Waals surface area (Å²) < 4.78 is 10.9. The number of carbonyl (C=O) groups excluding carboxylic acids is 2. The average molecular weight is 463 g/mol. The van der Waals surface area contributed by atoms with Crippen molar-refractivity contribution in [2.45, 2.75) is 0 Å². The standard InChI is InChI=1S/C19H15BrN2O5S/c20-13-5-3-4-12(8-13)14-11-28-19(21-14)22-17(24)9-27-18(25)10-26-16-7-2-1-6-15(16)23/h1-8,11,23H,9-10H2,(H,21,22,24). The maximum atomic E-state index is 11.9. The van der Waals surface area contributed by atoms with Crippen LogP contribution in [-0.2, 0) is 14.3 Å². The van der Waals surface area contributed by atoms with E-state index in [0.29, 0.717) is 5.13 Å². The zero-order valence-electron chi connectivity index (χ0n) is 14.4. The minimum Gasteiger partial charge on any atom is -0.504 e. The molecule has 0 bridgehead atoms. The topological polar surface area (TPSA) is 97.8 Å². The molecule has 0 unspecified atom stereocenters. The first-order valence-electron chi connectivity index (χ1n) is 8.09. The molecule has 0 fully saturated rings. The molecule has 0 aliphatic rings. The highest BCUT2D eigenvalue weighted by Crippen LogP contribution is 2.27. The van der Waals surface area contributed by atoms with E-state index in [1.807, 2.05) is 29.6 Å². The molecule has 0 atom stereocenters. The number of carbonyl (C=O) groups is 2. The number of hydrogen-bond acceptors (Lipinski definition) is 7. The number of aromatic nitrogens is 1. The normalized spacial score (nSPS) is 10.3. The Labute approximate surface area is 173 Å². The van der Waals surface area contributed by atoms with E-state index in [9.17, 15) is 14.7 Å². The van der Waals surface area contributed by atoms with Crippen LogP contribution in [0.15, 0.2) is 58.4 Å². The fraction of sp³-hybridized carbons (Fsp3) is 0.105. The SMILES string of the molecule is O=C(COC(=O)COc1ccccc1O)Nc1nc(-c2cccc(Br)c2)cs1. The first-order chi connectivity index (χ1) is 13.5. The predicted molar refractivity (Wildman–Crippen MR) is 108 cm³/mol. The summed E-state index contributed by atoms with van der Waals surface area (Å²) in [4.78, 5) is 28.0. The number of amides is 1. The molecule has 0 saturated heterocycles. The molecule has 9 heteroatoms. The van der Waals surface area contributed by atoms with Gasteiger partial charge in [-0.25, -0.2) is 9.78 Å². The number of hydrogen-bond donors (Lipinski definition) is 2. The van der Waals surface area contributed by atoms with Crippen LogP contribution in [0.5, 0.6) is 11.5 Å². The number of anilines is 1. The van der Waals surface area contributed by atoms with Crippen LogP contribution in [0.4, 0.5) is 5.13 Å². The highest BCUT2D eigenvalue weighted by atomic mass is 79.9. The van der Waals surface area contributed by atoms with Gasteiger partial charge in [-0.05, 0) is 24.3 Å². The van der Waals surface area contributed by atoms with Gasteiger partial charge in [0.25, 0.3) is 5.91 Å². The van der Waals surface area contributed by atoms with E-state index in [1.165, 1.54) is 23.5 Å². The Bertz CT molecular complexity index is 992. The number of benzene rings is 2. The van der Waals surface area contributed by atoms with Crippen molar-refractivity contribution in [3.63, 3.8) is 0 Å². The van der Waals surface area contributed by atoms with Crippen LogP contribution in [0.1, 0.15) is 0 Å². The van der Waals surface area contributed by atoms with Crippen molar-refractivity contribution < 1.29 is 24.2 Å². The molecule has 1 aromatic heterocycles. The molecule has 7 nitrogen and oxygen atoms in total. The monoisotopic (exact) mass is 462 g/mol. The van der Waals surface area contributed by atoms with Crippen LogP contribution >= 0.6 is 27.3 Å². The van der Waals surface area contributed by atoms with E-state index < -0.39 is 25.1 Å². The summed E-state index contributed by atoms with van der Waals surface area (Å²) in [7, 11) is 0. The molecule has 0 saturated carbocycles. The maximum Gasteiger partial charge on any atom is 0.344 e. The molecule has 2 aromatic carbocycles. The summed E-state index contributed by atoms with van der Waals surface area (Å²) in [6.45, 7) is -0.885. The lowest BCUT2D eigenvalue weighted by Crippen LogP contribution is -2.23. The summed E-state index contributed by atoms with van der Waals surface area (Å²) >= 11 is 4.68. The van der Waals surface area contributed by atoms with Gasteiger partial charge in [-0.3, -0.25) is 10.1 Å². The van der Waals surface area contributed by atoms with Crippen molar-refractivity contribution in [3.8, 4) is 22.8 Å². The number of nitrogens with one attached hydrogen (secondary N) is 1. The molecule has 0 aliphatic carbocycles. The Morgan fingerprint density at radius 3 is 2.75 bits per heavy atom. The summed E-state index contributed by atoms with van der Waals surface area (Å²) in [5, 5.41) is 14.4. The number of ether oxygens (including phenoxy) is 2. The molecular formula is C19H15BrN2O5S. The Morgan fingerprint density at radius 2 is 1.96 bits per heavy atom. The molecule has 0 spiro atoms. The number of para-hydroxylation sites is 2. The minimum absolute atomic E-state index is 0.0851. The summed E-state index contributed by atoms with van der Waals surface area (Å²) in [5.74, 6) is -1.16. The third kappa shape index (κ3) is 5.54. The molecule has 3 rings (SSSR count). The average Bonchev–Trinajstić information content (AvgIpc) is 3.14. The molecule has 144 valence electrons. The van der Waals surface area contributed by atoms with Crippen molar-refractivity contribution in [1.29, 1.82) is 0 Å².